The number of aromatic nitrogens is 2. The molecule has 0 saturated heterocycles. The zero-order valence-corrected chi connectivity index (χ0v) is 14.6. The van der Waals surface area contributed by atoms with E-state index in [1.54, 1.807) is 6.92 Å². The summed E-state index contributed by atoms with van der Waals surface area (Å²) in [7, 11) is 0. The van der Waals surface area contributed by atoms with Crippen LogP contribution in [0.25, 0.3) is 0 Å². The van der Waals surface area contributed by atoms with E-state index >= 15 is 0 Å². The van der Waals surface area contributed by atoms with Crippen molar-refractivity contribution in [3.05, 3.63) is 36.0 Å². The number of carbonyl (C=O) groups is 1. The van der Waals surface area contributed by atoms with E-state index in [4.69, 9.17) is 9.15 Å². The van der Waals surface area contributed by atoms with E-state index < -0.39 is 6.10 Å². The van der Waals surface area contributed by atoms with Gasteiger partial charge in [0, 0.05) is 6.54 Å². The number of carbonyl (C=O) groups excluding carboxylic acids is 1. The molecule has 1 amide bonds. The number of ether oxygens (including phenoxy) is 1. The molecule has 0 aliphatic heterocycles. The maximum Gasteiger partial charge on any atom is 0.277 e. The topological polar surface area (TPSA) is 77.2 Å². The smallest absolute Gasteiger partial charge is 0.277 e. The minimum Gasteiger partial charge on any atom is -0.481 e. The van der Waals surface area contributed by atoms with Crippen LogP contribution < -0.4 is 10.1 Å². The standard InChI is InChI=1S/C16H20FN3O3S/c1-10(2)8-18-14(21)9-24-16-20-19-15(23-16)11(3)22-13-6-4-12(17)5-7-13/h4-7,10-11H,8-9H2,1-3H3,(H,18,21)/t11-/m1/s1. The van der Waals surface area contributed by atoms with Crippen LogP contribution in [0.1, 0.15) is 32.8 Å². The van der Waals surface area contributed by atoms with Gasteiger partial charge in [0.05, 0.1) is 5.75 Å². The molecular weight excluding hydrogens is 333 g/mol. The molecule has 130 valence electrons. The van der Waals surface area contributed by atoms with Crippen molar-refractivity contribution in [2.45, 2.75) is 32.1 Å². The lowest BCUT2D eigenvalue weighted by atomic mass is 10.2. The zero-order chi connectivity index (χ0) is 17.5. The normalized spacial score (nSPS) is 12.2. The highest BCUT2D eigenvalue weighted by Gasteiger charge is 2.17. The predicted octanol–water partition coefficient (Wildman–Crippen LogP) is 3.21. The van der Waals surface area contributed by atoms with Crippen LogP contribution in [0.4, 0.5) is 4.39 Å². The van der Waals surface area contributed by atoms with Crippen LogP contribution >= 0.6 is 11.8 Å². The third-order valence-electron chi connectivity index (χ3n) is 2.93. The van der Waals surface area contributed by atoms with Gasteiger partial charge in [0.1, 0.15) is 11.6 Å². The Morgan fingerprint density at radius 2 is 2.00 bits per heavy atom. The maximum atomic E-state index is 12.9. The van der Waals surface area contributed by atoms with Gasteiger partial charge in [0.25, 0.3) is 11.1 Å². The van der Waals surface area contributed by atoms with E-state index in [0.29, 0.717) is 29.3 Å². The lowest BCUT2D eigenvalue weighted by Crippen LogP contribution is -2.28. The average molecular weight is 353 g/mol. The second kappa shape index (κ2) is 8.68. The first kappa shape index (κ1) is 18.3. The summed E-state index contributed by atoms with van der Waals surface area (Å²) in [6, 6.07) is 5.67. The number of thioether (sulfide) groups is 1. The van der Waals surface area contributed by atoms with Crippen molar-refractivity contribution < 1.29 is 18.3 Å². The fourth-order valence-corrected chi connectivity index (χ4v) is 2.31. The number of hydrogen-bond acceptors (Lipinski definition) is 6. The average Bonchev–Trinajstić information content (AvgIpc) is 3.02. The van der Waals surface area contributed by atoms with Gasteiger partial charge in [0.15, 0.2) is 6.10 Å². The Bertz CT molecular complexity index is 661. The molecular formula is C16H20FN3O3S. The van der Waals surface area contributed by atoms with Crippen LogP contribution in [-0.2, 0) is 4.79 Å². The Hall–Kier alpha value is -2.09. The van der Waals surface area contributed by atoms with E-state index in [-0.39, 0.29) is 17.5 Å². The summed E-state index contributed by atoms with van der Waals surface area (Å²) in [5.74, 6) is 1.00. The molecule has 2 aromatic rings. The van der Waals surface area contributed by atoms with Crippen molar-refractivity contribution in [3.8, 4) is 5.75 Å². The lowest BCUT2D eigenvalue weighted by molar-refractivity contribution is -0.118. The van der Waals surface area contributed by atoms with Crippen molar-refractivity contribution in [1.82, 2.24) is 15.5 Å². The molecule has 0 fully saturated rings. The molecule has 0 saturated carbocycles. The van der Waals surface area contributed by atoms with Crippen molar-refractivity contribution in [3.63, 3.8) is 0 Å². The third kappa shape index (κ3) is 5.84. The first-order valence-electron chi connectivity index (χ1n) is 7.59. The molecule has 1 aromatic carbocycles. The fraction of sp³-hybridized carbons (Fsp3) is 0.438. The molecule has 0 radical (unpaired) electrons. The number of rotatable bonds is 8. The molecule has 1 atom stereocenters. The van der Waals surface area contributed by atoms with Gasteiger partial charge < -0.3 is 14.5 Å². The van der Waals surface area contributed by atoms with Gasteiger partial charge in [-0.25, -0.2) is 4.39 Å². The molecule has 0 spiro atoms. The SMILES string of the molecule is CC(C)CNC(=O)CSc1nnc([C@@H](C)Oc2ccc(F)cc2)o1. The fourth-order valence-electron chi connectivity index (χ4n) is 1.71. The second-order valence-corrected chi connectivity index (χ2v) is 6.53. The van der Waals surface area contributed by atoms with Gasteiger partial charge in [-0.1, -0.05) is 25.6 Å². The van der Waals surface area contributed by atoms with Crippen molar-refractivity contribution >= 4 is 17.7 Å². The number of hydrogen-bond donors (Lipinski definition) is 1. The Balaban J connectivity index is 1.83. The summed E-state index contributed by atoms with van der Waals surface area (Å²) in [5.41, 5.74) is 0. The number of nitrogens with zero attached hydrogens (tertiary/aromatic N) is 2. The van der Waals surface area contributed by atoms with E-state index in [2.05, 4.69) is 15.5 Å². The van der Waals surface area contributed by atoms with Gasteiger partial charge >= 0.3 is 0 Å². The highest BCUT2D eigenvalue weighted by Crippen LogP contribution is 2.24. The first-order chi connectivity index (χ1) is 11.4. The molecule has 0 aliphatic carbocycles. The van der Waals surface area contributed by atoms with Crippen molar-refractivity contribution in [1.29, 1.82) is 0 Å². The van der Waals surface area contributed by atoms with Crippen LogP contribution in [-0.4, -0.2) is 28.4 Å². The predicted molar refractivity (Wildman–Crippen MR) is 88.3 cm³/mol. The summed E-state index contributed by atoms with van der Waals surface area (Å²) < 4.78 is 24.0. The summed E-state index contributed by atoms with van der Waals surface area (Å²) >= 11 is 1.17. The molecule has 0 aliphatic rings. The molecule has 2 rings (SSSR count). The van der Waals surface area contributed by atoms with E-state index in [1.807, 2.05) is 13.8 Å². The van der Waals surface area contributed by atoms with E-state index in [0.717, 1.165) is 0 Å². The summed E-state index contributed by atoms with van der Waals surface area (Å²) in [6.07, 6.45) is -0.480. The Morgan fingerprint density at radius 3 is 2.67 bits per heavy atom. The monoisotopic (exact) mass is 353 g/mol. The van der Waals surface area contributed by atoms with Gasteiger partial charge in [-0.2, -0.15) is 0 Å². The summed E-state index contributed by atoms with van der Waals surface area (Å²) in [4.78, 5) is 11.7. The van der Waals surface area contributed by atoms with Crippen molar-refractivity contribution in [2.75, 3.05) is 12.3 Å². The maximum absolute atomic E-state index is 12.9. The van der Waals surface area contributed by atoms with Gasteiger partial charge in [-0.3, -0.25) is 4.79 Å². The van der Waals surface area contributed by atoms with Crippen LogP contribution in [0.15, 0.2) is 33.9 Å². The number of halogens is 1. The van der Waals surface area contributed by atoms with Crippen LogP contribution in [0.3, 0.4) is 0 Å². The largest absolute Gasteiger partial charge is 0.481 e. The van der Waals surface area contributed by atoms with Gasteiger partial charge in [-0.05, 0) is 37.1 Å². The molecule has 1 heterocycles. The highest BCUT2D eigenvalue weighted by molar-refractivity contribution is 7.99. The zero-order valence-electron chi connectivity index (χ0n) is 13.8. The lowest BCUT2D eigenvalue weighted by Gasteiger charge is -2.10. The number of nitrogens with one attached hydrogen (secondary N) is 1. The molecule has 6 nitrogen and oxygen atoms in total. The third-order valence-corrected chi connectivity index (χ3v) is 3.75. The number of amides is 1. The second-order valence-electron chi connectivity index (χ2n) is 5.61. The van der Waals surface area contributed by atoms with Gasteiger partial charge in [-0.15, -0.1) is 10.2 Å². The molecule has 8 heteroatoms. The Kier molecular flexibility index (Phi) is 6.60. The van der Waals surface area contributed by atoms with Crippen LogP contribution in [0.2, 0.25) is 0 Å². The highest BCUT2D eigenvalue weighted by atomic mass is 32.2. The minimum absolute atomic E-state index is 0.0796. The van der Waals surface area contributed by atoms with Crippen molar-refractivity contribution in [2.24, 2.45) is 5.92 Å². The number of benzene rings is 1. The van der Waals surface area contributed by atoms with Crippen LogP contribution in [0.5, 0.6) is 5.75 Å². The Labute approximate surface area is 144 Å². The van der Waals surface area contributed by atoms with Crippen LogP contribution in [0, 0.1) is 11.7 Å². The Morgan fingerprint density at radius 1 is 1.29 bits per heavy atom. The molecule has 1 N–H and O–H groups in total. The van der Waals surface area contributed by atoms with E-state index in [9.17, 15) is 9.18 Å². The minimum atomic E-state index is -0.480. The molecule has 0 unspecified atom stereocenters. The first-order valence-corrected chi connectivity index (χ1v) is 8.57. The van der Waals surface area contributed by atoms with E-state index in [1.165, 1.54) is 36.0 Å². The summed E-state index contributed by atoms with van der Waals surface area (Å²) in [5, 5.41) is 10.9. The molecule has 24 heavy (non-hydrogen) atoms. The molecule has 1 aromatic heterocycles. The molecule has 0 bridgehead atoms. The van der Waals surface area contributed by atoms with Gasteiger partial charge in [0.2, 0.25) is 5.91 Å². The summed E-state index contributed by atoms with van der Waals surface area (Å²) in [6.45, 7) is 6.44. The quantitative estimate of drug-likeness (QED) is 0.734.